The fourth-order valence-electron chi connectivity index (χ4n) is 8.88. The van der Waals surface area contributed by atoms with Crippen molar-refractivity contribution >= 4 is 76.3 Å². The van der Waals surface area contributed by atoms with Gasteiger partial charge in [-0.15, -0.1) is 0 Å². The minimum Gasteiger partial charge on any atom is -0.309 e. The van der Waals surface area contributed by atoms with E-state index in [1.165, 1.54) is 38.0 Å². The summed E-state index contributed by atoms with van der Waals surface area (Å²) in [5.74, 6) is 0.638. The zero-order chi connectivity index (χ0) is 36.0. The molecule has 0 aliphatic carbocycles. The third kappa shape index (κ3) is 4.29. The number of nitrogens with zero attached hydrogens (tertiary/aromatic N) is 5. The summed E-state index contributed by atoms with van der Waals surface area (Å²) >= 11 is 0. The highest BCUT2D eigenvalue weighted by atomic mass is 15.2. The maximum Gasteiger partial charge on any atom is 0.235 e. The number of aromatic nitrogens is 5. The Bertz CT molecular complexity index is 3470. The van der Waals surface area contributed by atoms with Crippen molar-refractivity contribution < 1.29 is 0 Å². The molecule has 55 heavy (non-hydrogen) atoms. The van der Waals surface area contributed by atoms with E-state index in [-0.39, 0.29) is 0 Å². The average Bonchev–Trinajstić information content (AvgIpc) is 3.89. The van der Waals surface area contributed by atoms with E-state index in [9.17, 15) is 0 Å². The van der Waals surface area contributed by atoms with Crippen LogP contribution < -0.4 is 0 Å². The Morgan fingerprint density at radius 3 is 1.62 bits per heavy atom. The van der Waals surface area contributed by atoms with E-state index >= 15 is 0 Å². The predicted molar refractivity (Wildman–Crippen MR) is 228 cm³/mol. The largest absolute Gasteiger partial charge is 0.309 e. The molecule has 0 bridgehead atoms. The highest BCUT2D eigenvalue weighted by Gasteiger charge is 2.25. The summed E-state index contributed by atoms with van der Waals surface area (Å²) in [6.45, 7) is 0. The van der Waals surface area contributed by atoms with Gasteiger partial charge in [0.15, 0.2) is 0 Å². The van der Waals surface area contributed by atoms with Crippen LogP contribution in [-0.4, -0.2) is 23.7 Å². The summed E-state index contributed by atoms with van der Waals surface area (Å²) in [5.41, 5.74) is 11.6. The highest BCUT2D eigenvalue weighted by molar-refractivity contribution is 6.26. The van der Waals surface area contributed by atoms with Gasteiger partial charge in [0.05, 0.1) is 33.1 Å². The van der Waals surface area contributed by atoms with E-state index in [2.05, 4.69) is 202 Å². The Balaban J connectivity index is 1.27. The number of para-hydroxylation sites is 4. The molecule has 0 aliphatic rings. The molecule has 0 amide bonds. The Labute approximate surface area is 315 Å². The normalized spacial score (nSPS) is 12.0. The summed E-state index contributed by atoms with van der Waals surface area (Å²) in [4.78, 5) is 11.2. The molecule has 0 saturated heterocycles. The molecule has 0 radical (unpaired) electrons. The molecule has 12 aromatic rings. The van der Waals surface area contributed by atoms with Crippen molar-refractivity contribution in [2.45, 2.75) is 0 Å². The fourth-order valence-corrected chi connectivity index (χ4v) is 8.88. The molecule has 8 aromatic carbocycles. The van der Waals surface area contributed by atoms with E-state index in [1.54, 1.807) is 0 Å². The number of rotatable bonds is 4. The Hall–Kier alpha value is -7.50. The molecule has 5 nitrogen and oxygen atoms in total. The maximum absolute atomic E-state index is 5.61. The van der Waals surface area contributed by atoms with Gasteiger partial charge in [0.1, 0.15) is 11.2 Å². The molecule has 0 aliphatic heterocycles. The summed E-state index contributed by atoms with van der Waals surface area (Å²) in [6, 6.07) is 67.0. The van der Waals surface area contributed by atoms with Crippen LogP contribution in [0.15, 0.2) is 188 Å². The van der Waals surface area contributed by atoms with Crippen molar-refractivity contribution in [2.24, 2.45) is 0 Å². The van der Waals surface area contributed by atoms with Crippen molar-refractivity contribution in [2.75, 3.05) is 0 Å². The van der Waals surface area contributed by atoms with Crippen molar-refractivity contribution in [1.82, 2.24) is 23.7 Å². The zero-order valence-electron chi connectivity index (χ0n) is 29.6. The molecule has 4 aromatic heterocycles. The third-order valence-electron chi connectivity index (χ3n) is 11.2. The summed E-state index contributed by atoms with van der Waals surface area (Å²) in [5, 5.41) is 8.23. The van der Waals surface area contributed by atoms with Gasteiger partial charge in [-0.1, -0.05) is 133 Å². The van der Waals surface area contributed by atoms with E-state index in [0.717, 1.165) is 61.0 Å². The van der Waals surface area contributed by atoms with Crippen molar-refractivity contribution in [3.8, 4) is 28.6 Å². The van der Waals surface area contributed by atoms with Crippen LogP contribution in [0.5, 0.6) is 0 Å². The lowest BCUT2D eigenvalue weighted by atomic mass is 10.1. The van der Waals surface area contributed by atoms with Gasteiger partial charge < -0.3 is 9.13 Å². The molecule has 0 atom stereocenters. The van der Waals surface area contributed by atoms with Crippen LogP contribution >= 0.6 is 0 Å². The SMILES string of the molecule is c1ccc(-c2nc(-n3c4ccccc4c4c3ccc3c5ccccc5n(-c5ccccc5)c34)nc3c4cc5ccccc5cc4n(-c4ccccc4)c23)cc1. The average molecular weight is 702 g/mol. The van der Waals surface area contributed by atoms with Crippen molar-refractivity contribution in [3.05, 3.63) is 188 Å². The quantitative estimate of drug-likeness (QED) is 0.183. The smallest absolute Gasteiger partial charge is 0.235 e. The molecule has 0 saturated carbocycles. The first-order valence-electron chi connectivity index (χ1n) is 18.7. The molecule has 256 valence electrons. The zero-order valence-corrected chi connectivity index (χ0v) is 29.6. The molecular weight excluding hydrogens is 671 g/mol. The van der Waals surface area contributed by atoms with E-state index in [1.807, 2.05) is 0 Å². The van der Waals surface area contributed by atoms with Crippen LogP contribution in [0.2, 0.25) is 0 Å². The monoisotopic (exact) mass is 701 g/mol. The second-order valence-electron chi connectivity index (χ2n) is 14.2. The van der Waals surface area contributed by atoms with Gasteiger partial charge in [0.25, 0.3) is 0 Å². The number of hydrogen-bond donors (Lipinski definition) is 0. The topological polar surface area (TPSA) is 40.6 Å². The minimum absolute atomic E-state index is 0.638. The van der Waals surface area contributed by atoms with E-state index < -0.39 is 0 Å². The first-order valence-corrected chi connectivity index (χ1v) is 18.7. The first-order chi connectivity index (χ1) is 27.3. The number of benzene rings is 8. The molecule has 0 N–H and O–H groups in total. The summed E-state index contributed by atoms with van der Waals surface area (Å²) < 4.78 is 7.04. The van der Waals surface area contributed by atoms with Gasteiger partial charge in [0, 0.05) is 43.9 Å². The fraction of sp³-hybridized carbons (Fsp3) is 0. The number of fused-ring (bicyclic) bond motifs is 11. The van der Waals surface area contributed by atoms with E-state index in [4.69, 9.17) is 9.97 Å². The Morgan fingerprint density at radius 1 is 0.345 bits per heavy atom. The second kappa shape index (κ2) is 11.5. The van der Waals surface area contributed by atoms with Crippen LogP contribution in [0.3, 0.4) is 0 Å². The lowest BCUT2D eigenvalue weighted by Crippen LogP contribution is -2.05. The molecular formula is C50H31N5. The van der Waals surface area contributed by atoms with E-state index in [0.29, 0.717) is 5.95 Å². The van der Waals surface area contributed by atoms with Crippen molar-refractivity contribution in [3.63, 3.8) is 0 Å². The second-order valence-corrected chi connectivity index (χ2v) is 14.2. The predicted octanol–water partition coefficient (Wildman–Crippen LogP) is 12.6. The minimum atomic E-state index is 0.638. The molecule has 4 heterocycles. The molecule has 12 rings (SSSR count). The lowest BCUT2D eigenvalue weighted by molar-refractivity contribution is 1.01. The Kier molecular flexibility index (Phi) is 6.27. The summed E-state index contributed by atoms with van der Waals surface area (Å²) in [6.07, 6.45) is 0. The van der Waals surface area contributed by atoms with Gasteiger partial charge >= 0.3 is 0 Å². The van der Waals surface area contributed by atoms with Crippen LogP contribution in [0.25, 0.3) is 105 Å². The Morgan fingerprint density at radius 2 is 0.909 bits per heavy atom. The lowest BCUT2D eigenvalue weighted by Gasteiger charge is -2.13. The van der Waals surface area contributed by atoms with Crippen LogP contribution in [0.4, 0.5) is 0 Å². The van der Waals surface area contributed by atoms with Crippen LogP contribution in [-0.2, 0) is 0 Å². The van der Waals surface area contributed by atoms with Gasteiger partial charge in [-0.05, 0) is 65.4 Å². The third-order valence-corrected chi connectivity index (χ3v) is 11.2. The summed E-state index contributed by atoms with van der Waals surface area (Å²) in [7, 11) is 0. The van der Waals surface area contributed by atoms with Gasteiger partial charge in [0.2, 0.25) is 5.95 Å². The van der Waals surface area contributed by atoms with Gasteiger partial charge in [-0.2, -0.15) is 0 Å². The number of hydrogen-bond acceptors (Lipinski definition) is 2. The maximum atomic E-state index is 5.61. The van der Waals surface area contributed by atoms with Crippen molar-refractivity contribution in [1.29, 1.82) is 0 Å². The molecule has 0 unspecified atom stereocenters. The van der Waals surface area contributed by atoms with Gasteiger partial charge in [-0.3, -0.25) is 4.57 Å². The molecule has 5 heteroatoms. The van der Waals surface area contributed by atoms with Crippen LogP contribution in [0, 0.1) is 0 Å². The molecule has 0 spiro atoms. The molecule has 0 fully saturated rings. The highest BCUT2D eigenvalue weighted by Crippen LogP contribution is 2.43. The first kappa shape index (κ1) is 30.0. The van der Waals surface area contributed by atoms with Gasteiger partial charge in [-0.25, -0.2) is 9.97 Å². The van der Waals surface area contributed by atoms with Crippen LogP contribution in [0.1, 0.15) is 0 Å². The standard InChI is InChI=1S/C50H31N5/c1-4-16-32(17-5-1)46-49-47(40-30-33-18-10-11-19-34(33)31-44(40)54(49)36-22-8-3-9-23-36)52-50(51-46)55-42-27-15-13-25-39(42)45-43(55)29-28-38-37-24-12-14-26-41(37)53(48(38)45)35-20-6-2-7-21-35/h1-31H.